The fourth-order valence-corrected chi connectivity index (χ4v) is 6.75. The molecule has 6 nitrogen and oxygen atoms in total. The lowest BCUT2D eigenvalue weighted by molar-refractivity contribution is -0.140. The van der Waals surface area contributed by atoms with Gasteiger partial charge >= 0.3 is 0 Å². The molecule has 3 fully saturated rings. The highest BCUT2D eigenvalue weighted by molar-refractivity contribution is 6.06. The maximum Gasteiger partial charge on any atom is 0.254 e. The summed E-state index contributed by atoms with van der Waals surface area (Å²) >= 11 is 0. The Morgan fingerprint density at radius 1 is 0.892 bits per heavy atom. The fourth-order valence-electron chi connectivity index (χ4n) is 6.75. The third-order valence-corrected chi connectivity index (χ3v) is 8.49. The third kappa shape index (κ3) is 3.57. The molecule has 37 heavy (non-hydrogen) atoms. The molecule has 5 aliphatic rings. The molecule has 2 bridgehead atoms. The van der Waals surface area contributed by atoms with Crippen molar-refractivity contribution in [3.8, 4) is 11.5 Å². The van der Waals surface area contributed by atoms with Crippen LogP contribution in [-0.2, 0) is 16.2 Å². The zero-order valence-electron chi connectivity index (χ0n) is 20.6. The van der Waals surface area contributed by atoms with Gasteiger partial charge in [0.2, 0.25) is 0 Å². The van der Waals surface area contributed by atoms with Crippen molar-refractivity contribution in [1.29, 1.82) is 0 Å². The van der Waals surface area contributed by atoms with Gasteiger partial charge in [0.05, 0.1) is 24.7 Å². The zero-order valence-corrected chi connectivity index (χ0v) is 20.6. The van der Waals surface area contributed by atoms with Gasteiger partial charge in [-0.25, -0.2) is 0 Å². The number of amides is 2. The molecule has 6 heteroatoms. The maximum atomic E-state index is 13.2. The van der Waals surface area contributed by atoms with E-state index in [0.29, 0.717) is 36.5 Å². The van der Waals surface area contributed by atoms with Crippen LogP contribution in [0, 0.1) is 35.5 Å². The number of fused-ring (bicyclic) bond motifs is 1. The third-order valence-electron chi connectivity index (χ3n) is 8.49. The van der Waals surface area contributed by atoms with Crippen molar-refractivity contribution in [2.45, 2.75) is 20.0 Å². The predicted octanol–water partition coefficient (Wildman–Crippen LogP) is 5.20. The summed E-state index contributed by atoms with van der Waals surface area (Å²) < 4.78 is 12.0. The molecule has 1 heterocycles. The first-order valence-electron chi connectivity index (χ1n) is 13.1. The Kier molecular flexibility index (Phi) is 5.17. The van der Waals surface area contributed by atoms with Crippen LogP contribution in [0.15, 0.2) is 77.9 Å². The van der Waals surface area contributed by atoms with Crippen LogP contribution in [0.2, 0.25) is 0 Å². The number of hydrazone groups is 1. The van der Waals surface area contributed by atoms with Crippen LogP contribution >= 0.6 is 0 Å². The van der Waals surface area contributed by atoms with Crippen LogP contribution in [-0.4, -0.2) is 29.6 Å². The number of carbonyl (C=O) groups excluding carboxylic acids is 2. The molecule has 2 amide bonds. The minimum absolute atomic E-state index is 0.156. The first-order chi connectivity index (χ1) is 18.1. The molecule has 0 aromatic heterocycles. The van der Waals surface area contributed by atoms with Crippen molar-refractivity contribution in [2.75, 3.05) is 6.61 Å². The molecule has 8 rings (SSSR count). The van der Waals surface area contributed by atoms with Gasteiger partial charge in [-0.15, -0.1) is 0 Å². The highest BCUT2D eigenvalue weighted by Gasteiger charge is 2.67. The van der Waals surface area contributed by atoms with Crippen molar-refractivity contribution < 1.29 is 19.1 Å². The summed E-state index contributed by atoms with van der Waals surface area (Å²) in [6.45, 7) is 2.81. The molecule has 0 unspecified atom stereocenters. The zero-order chi connectivity index (χ0) is 25.1. The van der Waals surface area contributed by atoms with E-state index in [1.807, 2.05) is 43.3 Å². The summed E-state index contributed by atoms with van der Waals surface area (Å²) in [5, 5.41) is 7.80. The Hall–Kier alpha value is -3.93. The monoisotopic (exact) mass is 492 g/mol. The first kappa shape index (κ1) is 22.3. The van der Waals surface area contributed by atoms with Crippen molar-refractivity contribution >= 4 is 28.8 Å². The summed E-state index contributed by atoms with van der Waals surface area (Å²) in [6.07, 6.45) is 7.06. The van der Waals surface area contributed by atoms with Gasteiger partial charge in [0.1, 0.15) is 6.61 Å². The van der Waals surface area contributed by atoms with Gasteiger partial charge in [0, 0.05) is 0 Å². The van der Waals surface area contributed by atoms with Crippen LogP contribution in [0.3, 0.4) is 0 Å². The Morgan fingerprint density at radius 2 is 1.62 bits per heavy atom. The van der Waals surface area contributed by atoms with E-state index >= 15 is 0 Å². The van der Waals surface area contributed by atoms with Gasteiger partial charge in [0.25, 0.3) is 11.8 Å². The predicted molar refractivity (Wildman–Crippen MR) is 140 cm³/mol. The van der Waals surface area contributed by atoms with Crippen molar-refractivity contribution in [3.63, 3.8) is 0 Å². The molecule has 4 aliphatic carbocycles. The Morgan fingerprint density at radius 3 is 2.38 bits per heavy atom. The molecule has 0 N–H and O–H groups in total. The van der Waals surface area contributed by atoms with Crippen LogP contribution in [0.1, 0.15) is 24.5 Å². The highest BCUT2D eigenvalue weighted by atomic mass is 16.5. The number of ether oxygens (including phenoxy) is 2. The lowest BCUT2D eigenvalue weighted by atomic mass is 9.63. The smallest absolute Gasteiger partial charge is 0.254 e. The SMILES string of the molecule is CCOc1cc(/C=N/N2C(=O)[C@H]3[C@@H]4C=C[C@H]([C@H]5C[C@H]45)[C@@H]3C2=O)ccc1OCc1cccc2ccccc12. The molecule has 2 saturated carbocycles. The molecule has 3 aromatic rings. The van der Waals surface area contributed by atoms with E-state index in [0.717, 1.165) is 27.9 Å². The van der Waals surface area contributed by atoms with E-state index in [1.54, 1.807) is 6.21 Å². The second kappa shape index (κ2) is 8.58. The summed E-state index contributed by atoms with van der Waals surface area (Å²) in [4.78, 5) is 26.3. The van der Waals surface area contributed by atoms with Gasteiger partial charge < -0.3 is 9.47 Å². The molecule has 6 atom stereocenters. The molecular weight excluding hydrogens is 464 g/mol. The van der Waals surface area contributed by atoms with E-state index in [-0.39, 0.29) is 35.5 Å². The summed E-state index contributed by atoms with van der Waals surface area (Å²) in [6, 6.07) is 20.0. The number of allylic oxidation sites excluding steroid dienone is 2. The Bertz CT molecular complexity index is 1440. The molecular formula is C31H28N2O4. The van der Waals surface area contributed by atoms with E-state index in [4.69, 9.17) is 9.47 Å². The molecule has 186 valence electrons. The maximum absolute atomic E-state index is 13.2. The quantitative estimate of drug-likeness (QED) is 0.258. The van der Waals surface area contributed by atoms with Crippen LogP contribution in [0.4, 0.5) is 0 Å². The van der Waals surface area contributed by atoms with Gasteiger partial charge in [-0.1, -0.05) is 54.6 Å². The molecule has 1 saturated heterocycles. The number of imide groups is 1. The standard InChI is InChI=1S/C31H28N2O4/c1-2-36-27-14-18(10-13-26(27)37-17-20-8-5-7-19-6-3-4-9-21(19)20)16-32-33-30(34)28-22-11-12-23(25-15-24(22)25)29(28)31(33)35/h3-14,16,22-25,28-29H,2,15,17H2,1H3/b32-16+/t22-,23-,24-,25-,28+,29+/m1/s1. The number of benzene rings is 3. The molecule has 3 aromatic carbocycles. The lowest BCUT2D eigenvalue weighted by Gasteiger charge is -2.37. The molecule has 1 aliphatic heterocycles. The van der Waals surface area contributed by atoms with Crippen molar-refractivity contribution in [1.82, 2.24) is 5.01 Å². The van der Waals surface area contributed by atoms with Crippen LogP contribution < -0.4 is 9.47 Å². The van der Waals surface area contributed by atoms with Crippen LogP contribution in [0.5, 0.6) is 11.5 Å². The highest BCUT2D eigenvalue weighted by Crippen LogP contribution is 2.65. The second-order valence-corrected chi connectivity index (χ2v) is 10.5. The summed E-state index contributed by atoms with van der Waals surface area (Å²) in [5.41, 5.74) is 1.83. The second-order valence-electron chi connectivity index (χ2n) is 10.5. The summed E-state index contributed by atoms with van der Waals surface area (Å²) in [7, 11) is 0. The largest absolute Gasteiger partial charge is 0.490 e. The average molecular weight is 493 g/mol. The minimum atomic E-state index is -0.243. The first-order valence-corrected chi connectivity index (χ1v) is 13.1. The van der Waals surface area contributed by atoms with Gasteiger partial charge in [-0.05, 0) is 77.1 Å². The van der Waals surface area contributed by atoms with Crippen molar-refractivity contribution in [3.05, 3.63) is 83.9 Å². The summed E-state index contributed by atoms with van der Waals surface area (Å²) in [5.74, 6) is 1.97. The topological polar surface area (TPSA) is 68.2 Å². The van der Waals surface area contributed by atoms with E-state index in [9.17, 15) is 9.59 Å². The fraction of sp³-hybridized carbons (Fsp3) is 0.323. The normalized spacial score (nSPS) is 29.2. The number of nitrogens with zero attached hydrogens (tertiary/aromatic N) is 2. The minimum Gasteiger partial charge on any atom is -0.490 e. The number of hydrogen-bond donors (Lipinski definition) is 0. The number of hydrogen-bond acceptors (Lipinski definition) is 5. The number of carbonyl (C=O) groups is 2. The lowest BCUT2D eigenvalue weighted by Crippen LogP contribution is -2.40. The van der Waals surface area contributed by atoms with E-state index < -0.39 is 0 Å². The van der Waals surface area contributed by atoms with Gasteiger partial charge in [-0.3, -0.25) is 9.59 Å². The van der Waals surface area contributed by atoms with E-state index in [2.05, 4.69) is 41.5 Å². The van der Waals surface area contributed by atoms with E-state index in [1.165, 1.54) is 5.39 Å². The molecule has 0 spiro atoms. The Labute approximate surface area is 215 Å². The Balaban J connectivity index is 1.10. The van der Waals surface area contributed by atoms with Gasteiger partial charge in [-0.2, -0.15) is 10.1 Å². The van der Waals surface area contributed by atoms with Crippen molar-refractivity contribution in [2.24, 2.45) is 40.6 Å². The van der Waals surface area contributed by atoms with Crippen LogP contribution in [0.25, 0.3) is 10.8 Å². The molecule has 0 radical (unpaired) electrons. The average Bonchev–Trinajstić information content (AvgIpc) is 3.71. The number of rotatable bonds is 7. The van der Waals surface area contributed by atoms with Gasteiger partial charge in [0.15, 0.2) is 11.5 Å².